The number of halogens is 3. The molecule has 0 fully saturated rings. The molecule has 1 unspecified atom stereocenters. The first kappa shape index (κ1) is 17.7. The van der Waals surface area contributed by atoms with E-state index in [0.717, 1.165) is 16.9 Å². The Morgan fingerprint density at radius 2 is 1.56 bits per heavy atom. The summed E-state index contributed by atoms with van der Waals surface area (Å²) in [6, 6.07) is 17.6. The van der Waals surface area contributed by atoms with Gasteiger partial charge in [-0.3, -0.25) is 0 Å². The zero-order valence-electron chi connectivity index (χ0n) is 13.9. The lowest BCUT2D eigenvalue weighted by atomic mass is 10.0. The first-order valence-corrected chi connectivity index (χ1v) is 9.00. The summed E-state index contributed by atoms with van der Waals surface area (Å²) in [5.74, 6) is 0. The van der Waals surface area contributed by atoms with Gasteiger partial charge in [-0.15, -0.1) is 11.3 Å². The van der Waals surface area contributed by atoms with Crippen LogP contribution in [0.2, 0.25) is 0 Å². The summed E-state index contributed by atoms with van der Waals surface area (Å²) < 4.78 is 41.1. The maximum absolute atomic E-state index is 13.7. The van der Waals surface area contributed by atoms with Crippen molar-refractivity contribution in [3.05, 3.63) is 71.6 Å². The number of anilines is 1. The monoisotopic (exact) mass is 389 g/mol. The van der Waals surface area contributed by atoms with Crippen molar-refractivity contribution in [2.24, 2.45) is 5.10 Å². The predicted molar refractivity (Wildman–Crippen MR) is 98.6 cm³/mol. The van der Waals surface area contributed by atoms with Crippen molar-refractivity contribution in [1.82, 2.24) is 4.98 Å². The second kappa shape index (κ2) is 6.47. The molecule has 27 heavy (non-hydrogen) atoms. The summed E-state index contributed by atoms with van der Waals surface area (Å²) in [6.07, 6.45) is -5.56. The second-order valence-electron chi connectivity index (χ2n) is 6.10. The molecule has 1 aliphatic rings. The predicted octanol–water partition coefficient (Wildman–Crippen LogP) is 4.68. The number of hydrogen-bond donors (Lipinski definition) is 1. The van der Waals surface area contributed by atoms with Crippen LogP contribution in [-0.4, -0.2) is 27.7 Å². The van der Waals surface area contributed by atoms with Gasteiger partial charge in [-0.25, -0.2) is 4.98 Å². The van der Waals surface area contributed by atoms with E-state index in [2.05, 4.69) is 10.1 Å². The molecule has 0 bridgehead atoms. The van der Waals surface area contributed by atoms with E-state index >= 15 is 0 Å². The fourth-order valence-corrected chi connectivity index (χ4v) is 3.71. The number of hydrazone groups is 1. The molecular weight excluding hydrogens is 375 g/mol. The highest BCUT2D eigenvalue weighted by Gasteiger charge is 2.62. The van der Waals surface area contributed by atoms with Crippen LogP contribution in [0.5, 0.6) is 0 Å². The van der Waals surface area contributed by atoms with Gasteiger partial charge in [0.05, 0.1) is 17.8 Å². The summed E-state index contributed by atoms with van der Waals surface area (Å²) in [6.45, 7) is 0. The van der Waals surface area contributed by atoms with E-state index in [4.69, 9.17) is 0 Å². The molecule has 1 N–H and O–H groups in total. The van der Waals surface area contributed by atoms with Gasteiger partial charge < -0.3 is 5.11 Å². The van der Waals surface area contributed by atoms with Crippen LogP contribution in [0.25, 0.3) is 11.3 Å². The van der Waals surface area contributed by atoms with Crippen LogP contribution in [0.15, 0.2) is 71.1 Å². The van der Waals surface area contributed by atoms with Gasteiger partial charge in [-0.2, -0.15) is 23.3 Å². The number of rotatable bonds is 3. The Morgan fingerprint density at radius 3 is 2.15 bits per heavy atom. The average Bonchev–Trinajstić information content (AvgIpc) is 3.28. The van der Waals surface area contributed by atoms with Crippen molar-refractivity contribution in [3.8, 4) is 11.3 Å². The molecule has 0 amide bonds. The summed E-state index contributed by atoms with van der Waals surface area (Å²) in [7, 11) is 0. The number of nitrogens with zero attached hydrogens (tertiary/aromatic N) is 3. The molecule has 0 saturated carbocycles. The summed E-state index contributed by atoms with van der Waals surface area (Å²) in [5, 5.41) is 16.8. The molecule has 1 aromatic heterocycles. The molecule has 4 nitrogen and oxygen atoms in total. The lowest BCUT2D eigenvalue weighted by Crippen LogP contribution is -2.55. The fraction of sp³-hybridized carbons (Fsp3) is 0.158. The van der Waals surface area contributed by atoms with Gasteiger partial charge >= 0.3 is 6.18 Å². The maximum atomic E-state index is 13.7. The number of alkyl halides is 3. The third-order valence-corrected chi connectivity index (χ3v) is 5.11. The van der Waals surface area contributed by atoms with Gasteiger partial charge in [0.15, 0.2) is 0 Å². The standard InChI is InChI=1S/C19H14F3N3OS/c20-19(21,22)18(26)11-15(13-7-3-1-4-8-13)24-25(18)17-23-16(12-27-17)14-9-5-2-6-10-14/h1-10,12,26H,11H2. The van der Waals surface area contributed by atoms with Crippen LogP contribution in [0.1, 0.15) is 12.0 Å². The Kier molecular flexibility index (Phi) is 4.24. The number of thiazole rings is 1. The summed E-state index contributed by atoms with van der Waals surface area (Å²) >= 11 is 1.01. The van der Waals surface area contributed by atoms with Crippen LogP contribution in [0, 0.1) is 0 Å². The number of hydrogen-bond acceptors (Lipinski definition) is 5. The van der Waals surface area contributed by atoms with E-state index in [1.54, 1.807) is 35.7 Å². The quantitative estimate of drug-likeness (QED) is 0.708. The molecule has 138 valence electrons. The SMILES string of the molecule is OC1(C(F)(F)F)CC(c2ccccc2)=NN1c1nc(-c2ccccc2)cs1. The highest BCUT2D eigenvalue weighted by atomic mass is 32.1. The minimum absolute atomic E-state index is 0.0143. The van der Waals surface area contributed by atoms with Gasteiger partial charge in [0.1, 0.15) is 0 Å². The van der Waals surface area contributed by atoms with Crippen molar-refractivity contribution < 1.29 is 18.3 Å². The molecule has 3 aromatic rings. The van der Waals surface area contributed by atoms with E-state index in [1.807, 2.05) is 30.3 Å². The Morgan fingerprint density at radius 1 is 0.963 bits per heavy atom. The zero-order valence-corrected chi connectivity index (χ0v) is 14.7. The Hall–Kier alpha value is -2.71. The molecule has 0 radical (unpaired) electrons. The zero-order chi connectivity index (χ0) is 19.1. The van der Waals surface area contributed by atoms with Crippen LogP contribution in [-0.2, 0) is 0 Å². The lowest BCUT2D eigenvalue weighted by Gasteiger charge is -2.32. The van der Waals surface area contributed by atoms with Crippen molar-refractivity contribution in [1.29, 1.82) is 0 Å². The van der Waals surface area contributed by atoms with Crippen LogP contribution in [0.4, 0.5) is 18.3 Å². The van der Waals surface area contributed by atoms with Crippen molar-refractivity contribution in [2.45, 2.75) is 18.3 Å². The number of aliphatic hydroxyl groups is 1. The normalized spacial score (nSPS) is 20.0. The number of benzene rings is 2. The minimum Gasteiger partial charge on any atom is -0.362 e. The summed E-state index contributed by atoms with van der Waals surface area (Å²) in [5.41, 5.74) is -1.14. The van der Waals surface area contributed by atoms with Crippen molar-refractivity contribution >= 4 is 22.2 Å². The molecule has 0 aliphatic carbocycles. The number of aromatic nitrogens is 1. The van der Waals surface area contributed by atoms with Crippen LogP contribution in [0.3, 0.4) is 0 Å². The highest BCUT2D eigenvalue weighted by Crippen LogP contribution is 2.45. The van der Waals surface area contributed by atoms with E-state index < -0.39 is 18.3 Å². The first-order chi connectivity index (χ1) is 12.9. The van der Waals surface area contributed by atoms with Crippen molar-refractivity contribution in [2.75, 3.05) is 5.01 Å². The second-order valence-corrected chi connectivity index (χ2v) is 6.93. The van der Waals surface area contributed by atoms with E-state index in [9.17, 15) is 18.3 Å². The molecule has 2 heterocycles. The third kappa shape index (κ3) is 3.11. The maximum Gasteiger partial charge on any atom is 0.438 e. The molecule has 1 aliphatic heterocycles. The van der Waals surface area contributed by atoms with Crippen LogP contribution < -0.4 is 5.01 Å². The first-order valence-electron chi connectivity index (χ1n) is 8.12. The average molecular weight is 389 g/mol. The fourth-order valence-electron chi connectivity index (χ4n) is 2.86. The smallest absolute Gasteiger partial charge is 0.362 e. The Bertz CT molecular complexity index is 973. The van der Waals surface area contributed by atoms with Crippen LogP contribution >= 0.6 is 11.3 Å². The Labute approximate surface area is 157 Å². The summed E-state index contributed by atoms with van der Waals surface area (Å²) in [4.78, 5) is 4.28. The molecule has 8 heteroatoms. The van der Waals surface area contributed by atoms with Gasteiger partial charge in [-0.1, -0.05) is 60.7 Å². The van der Waals surface area contributed by atoms with Crippen molar-refractivity contribution in [3.63, 3.8) is 0 Å². The largest absolute Gasteiger partial charge is 0.438 e. The minimum atomic E-state index is -4.90. The van der Waals surface area contributed by atoms with E-state index in [0.29, 0.717) is 16.3 Å². The van der Waals surface area contributed by atoms with E-state index in [-0.39, 0.29) is 10.8 Å². The Balaban J connectivity index is 1.76. The highest BCUT2D eigenvalue weighted by molar-refractivity contribution is 7.14. The molecule has 0 spiro atoms. The van der Waals surface area contributed by atoms with Gasteiger partial charge in [0.25, 0.3) is 5.72 Å². The topological polar surface area (TPSA) is 48.7 Å². The molecule has 0 saturated heterocycles. The molecule has 2 aromatic carbocycles. The molecular formula is C19H14F3N3OS. The molecule has 4 rings (SSSR count). The third-order valence-electron chi connectivity index (χ3n) is 4.29. The van der Waals surface area contributed by atoms with Gasteiger partial charge in [-0.05, 0) is 5.56 Å². The molecule has 1 atom stereocenters. The lowest BCUT2D eigenvalue weighted by molar-refractivity contribution is -0.254. The van der Waals surface area contributed by atoms with Gasteiger partial charge in [0, 0.05) is 10.9 Å². The van der Waals surface area contributed by atoms with E-state index in [1.165, 1.54) is 0 Å². The van der Waals surface area contributed by atoms with Gasteiger partial charge in [0.2, 0.25) is 5.13 Å².